The van der Waals surface area contributed by atoms with E-state index in [9.17, 15) is 22.8 Å². The second-order valence-electron chi connectivity index (χ2n) is 5.12. The quantitative estimate of drug-likeness (QED) is 0.899. The zero-order valence-corrected chi connectivity index (χ0v) is 12.8. The van der Waals surface area contributed by atoms with Crippen LogP contribution in [-0.2, 0) is 11.0 Å². The molecule has 0 radical (unpaired) electrons. The first kappa shape index (κ1) is 17.5. The number of hydrogen-bond donors (Lipinski definition) is 2. The van der Waals surface area contributed by atoms with Crippen molar-refractivity contribution < 1.29 is 22.8 Å². The molecule has 0 spiro atoms. The van der Waals surface area contributed by atoms with E-state index in [0.717, 1.165) is 29.8 Å². The lowest BCUT2D eigenvalue weighted by atomic mass is 10.1. The zero-order valence-electron chi connectivity index (χ0n) is 12.8. The molecule has 2 N–H and O–H groups in total. The third kappa shape index (κ3) is 4.58. The maximum absolute atomic E-state index is 12.5. The van der Waals surface area contributed by atoms with Gasteiger partial charge in [-0.25, -0.2) is 0 Å². The molecular formula is C17H15F3N2O2. The maximum atomic E-state index is 12.5. The zero-order chi connectivity index (χ0) is 17.7. The van der Waals surface area contributed by atoms with Crippen LogP contribution in [0.25, 0.3) is 0 Å². The number of carbonyl (C=O) groups is 2. The first-order valence-electron chi connectivity index (χ1n) is 7.08. The number of halogens is 3. The fourth-order valence-electron chi connectivity index (χ4n) is 1.98. The van der Waals surface area contributed by atoms with Crippen molar-refractivity contribution in [3.8, 4) is 0 Å². The van der Waals surface area contributed by atoms with E-state index in [-0.39, 0.29) is 12.1 Å². The van der Waals surface area contributed by atoms with Gasteiger partial charge in [0.15, 0.2) is 0 Å². The standard InChI is InChI=1S/C17H15F3N2O2/c1-11-4-2-3-5-14(11)22-15(23)10-21-16(24)12-6-8-13(9-7-12)17(18,19)20/h2-9H,10H2,1H3,(H,21,24)(H,22,23). The van der Waals surface area contributed by atoms with Crippen molar-refractivity contribution in [1.29, 1.82) is 0 Å². The van der Waals surface area contributed by atoms with Gasteiger partial charge < -0.3 is 10.6 Å². The highest BCUT2D eigenvalue weighted by atomic mass is 19.4. The van der Waals surface area contributed by atoms with Gasteiger partial charge in [0, 0.05) is 11.3 Å². The van der Waals surface area contributed by atoms with Crippen LogP contribution in [0.3, 0.4) is 0 Å². The first-order valence-corrected chi connectivity index (χ1v) is 7.08. The molecule has 0 aliphatic rings. The van der Waals surface area contributed by atoms with Gasteiger partial charge in [0.25, 0.3) is 5.91 Å². The van der Waals surface area contributed by atoms with Gasteiger partial charge in [-0.05, 0) is 42.8 Å². The molecule has 0 atom stereocenters. The number of rotatable bonds is 4. The molecular weight excluding hydrogens is 321 g/mol. The summed E-state index contributed by atoms with van der Waals surface area (Å²) < 4.78 is 37.4. The molecule has 0 bridgehead atoms. The van der Waals surface area contributed by atoms with E-state index in [1.807, 2.05) is 19.1 Å². The molecule has 0 aliphatic carbocycles. The molecule has 2 rings (SSSR count). The number of carbonyl (C=O) groups excluding carboxylic acids is 2. The van der Waals surface area contributed by atoms with Crippen LogP contribution in [-0.4, -0.2) is 18.4 Å². The summed E-state index contributed by atoms with van der Waals surface area (Å²) in [6, 6.07) is 10.9. The monoisotopic (exact) mass is 336 g/mol. The predicted molar refractivity (Wildman–Crippen MR) is 83.6 cm³/mol. The molecule has 0 heterocycles. The fourth-order valence-corrected chi connectivity index (χ4v) is 1.98. The lowest BCUT2D eigenvalue weighted by molar-refractivity contribution is -0.137. The topological polar surface area (TPSA) is 58.2 Å². The SMILES string of the molecule is Cc1ccccc1NC(=O)CNC(=O)c1ccc(C(F)(F)F)cc1. The van der Waals surface area contributed by atoms with Gasteiger partial charge in [0.05, 0.1) is 12.1 Å². The molecule has 7 heteroatoms. The van der Waals surface area contributed by atoms with Crippen molar-refractivity contribution >= 4 is 17.5 Å². The Balaban J connectivity index is 1.91. The second kappa shape index (κ2) is 7.16. The Bertz CT molecular complexity index is 740. The molecule has 126 valence electrons. The Morgan fingerprint density at radius 3 is 2.21 bits per heavy atom. The molecule has 24 heavy (non-hydrogen) atoms. The minimum Gasteiger partial charge on any atom is -0.343 e. The predicted octanol–water partition coefficient (Wildman–Crippen LogP) is 3.38. The van der Waals surface area contributed by atoms with Gasteiger partial charge in [-0.2, -0.15) is 13.2 Å². The van der Waals surface area contributed by atoms with E-state index in [1.54, 1.807) is 12.1 Å². The molecule has 0 saturated heterocycles. The number of para-hydroxylation sites is 1. The maximum Gasteiger partial charge on any atom is 0.416 e. The van der Waals surface area contributed by atoms with Gasteiger partial charge in [0.1, 0.15) is 0 Å². The molecule has 0 aliphatic heterocycles. The first-order chi connectivity index (χ1) is 11.3. The van der Waals surface area contributed by atoms with Crippen LogP contribution in [0, 0.1) is 6.92 Å². The van der Waals surface area contributed by atoms with E-state index in [0.29, 0.717) is 5.69 Å². The Morgan fingerprint density at radius 2 is 1.62 bits per heavy atom. The Hall–Kier alpha value is -2.83. The van der Waals surface area contributed by atoms with Crippen LogP contribution in [0.15, 0.2) is 48.5 Å². The Morgan fingerprint density at radius 1 is 1.00 bits per heavy atom. The highest BCUT2D eigenvalue weighted by Gasteiger charge is 2.30. The van der Waals surface area contributed by atoms with E-state index < -0.39 is 23.6 Å². The highest BCUT2D eigenvalue weighted by Crippen LogP contribution is 2.29. The van der Waals surface area contributed by atoms with Crippen molar-refractivity contribution in [2.45, 2.75) is 13.1 Å². The Kier molecular flexibility index (Phi) is 5.23. The van der Waals surface area contributed by atoms with Crippen molar-refractivity contribution in [1.82, 2.24) is 5.32 Å². The van der Waals surface area contributed by atoms with Crippen LogP contribution >= 0.6 is 0 Å². The molecule has 0 saturated carbocycles. The molecule has 0 fully saturated rings. The summed E-state index contributed by atoms with van der Waals surface area (Å²) in [4.78, 5) is 23.7. The third-order valence-corrected chi connectivity index (χ3v) is 3.30. The summed E-state index contributed by atoms with van der Waals surface area (Å²) in [6.45, 7) is 1.55. The number of benzene rings is 2. The van der Waals surface area contributed by atoms with Gasteiger partial charge in [-0.3, -0.25) is 9.59 Å². The summed E-state index contributed by atoms with van der Waals surface area (Å²) in [5.41, 5.74) is 0.717. The summed E-state index contributed by atoms with van der Waals surface area (Å²) in [5, 5.41) is 5.01. The highest BCUT2D eigenvalue weighted by molar-refractivity contribution is 5.99. The average Bonchev–Trinajstić information content (AvgIpc) is 2.54. The van der Waals surface area contributed by atoms with Crippen molar-refractivity contribution in [3.63, 3.8) is 0 Å². The summed E-state index contributed by atoms with van der Waals surface area (Å²) in [6.07, 6.45) is -4.46. The van der Waals surface area contributed by atoms with Crippen LogP contribution in [0.2, 0.25) is 0 Å². The number of hydrogen-bond acceptors (Lipinski definition) is 2. The summed E-state index contributed by atoms with van der Waals surface area (Å²) in [5.74, 6) is -1.05. The van der Waals surface area contributed by atoms with Crippen molar-refractivity contribution in [2.24, 2.45) is 0 Å². The minimum atomic E-state index is -4.46. The molecule has 0 aromatic heterocycles. The van der Waals surface area contributed by atoms with Crippen LogP contribution in [0.1, 0.15) is 21.5 Å². The third-order valence-electron chi connectivity index (χ3n) is 3.30. The Labute approximate surface area is 136 Å². The fraction of sp³-hybridized carbons (Fsp3) is 0.176. The van der Waals surface area contributed by atoms with Crippen LogP contribution in [0.4, 0.5) is 18.9 Å². The van der Waals surface area contributed by atoms with Gasteiger partial charge >= 0.3 is 6.18 Å². The average molecular weight is 336 g/mol. The van der Waals surface area contributed by atoms with E-state index in [1.165, 1.54) is 0 Å². The minimum absolute atomic E-state index is 0.0479. The molecule has 2 aromatic carbocycles. The lowest BCUT2D eigenvalue weighted by Crippen LogP contribution is -2.33. The van der Waals surface area contributed by atoms with Gasteiger partial charge in [0.2, 0.25) is 5.91 Å². The smallest absolute Gasteiger partial charge is 0.343 e. The van der Waals surface area contributed by atoms with Crippen LogP contribution < -0.4 is 10.6 Å². The molecule has 0 unspecified atom stereocenters. The van der Waals surface area contributed by atoms with Crippen molar-refractivity contribution in [3.05, 3.63) is 65.2 Å². The lowest BCUT2D eigenvalue weighted by Gasteiger charge is -2.10. The van der Waals surface area contributed by atoms with Gasteiger partial charge in [-0.15, -0.1) is 0 Å². The van der Waals surface area contributed by atoms with Crippen molar-refractivity contribution in [2.75, 3.05) is 11.9 Å². The second-order valence-corrected chi connectivity index (χ2v) is 5.12. The molecule has 2 aromatic rings. The van der Waals surface area contributed by atoms with E-state index >= 15 is 0 Å². The molecule has 4 nitrogen and oxygen atoms in total. The molecule has 2 amide bonds. The largest absolute Gasteiger partial charge is 0.416 e. The number of anilines is 1. The summed E-state index contributed by atoms with van der Waals surface area (Å²) in [7, 11) is 0. The number of alkyl halides is 3. The number of aryl methyl sites for hydroxylation is 1. The normalized spacial score (nSPS) is 11.0. The summed E-state index contributed by atoms with van der Waals surface area (Å²) >= 11 is 0. The number of nitrogens with one attached hydrogen (secondary N) is 2. The van der Waals surface area contributed by atoms with E-state index in [2.05, 4.69) is 10.6 Å². The van der Waals surface area contributed by atoms with Gasteiger partial charge in [-0.1, -0.05) is 18.2 Å². The number of amides is 2. The van der Waals surface area contributed by atoms with E-state index in [4.69, 9.17) is 0 Å². The van der Waals surface area contributed by atoms with Crippen LogP contribution in [0.5, 0.6) is 0 Å².